The van der Waals surface area contributed by atoms with Gasteiger partial charge in [0.2, 0.25) is 5.91 Å². The van der Waals surface area contributed by atoms with Crippen LogP contribution >= 0.6 is 0 Å². The number of carbonyl (C=O) groups excluding carboxylic acids is 2. The van der Waals surface area contributed by atoms with Gasteiger partial charge in [0.1, 0.15) is 0 Å². The van der Waals surface area contributed by atoms with E-state index in [9.17, 15) is 9.59 Å². The number of nitrogen functional groups attached to an aromatic ring is 1. The molecule has 7 heteroatoms. The predicted octanol–water partition coefficient (Wildman–Crippen LogP) is 1.84. The maximum atomic E-state index is 12.9. The van der Waals surface area contributed by atoms with E-state index in [1.807, 2.05) is 29.2 Å². The van der Waals surface area contributed by atoms with Crippen molar-refractivity contribution >= 4 is 17.6 Å². The van der Waals surface area contributed by atoms with Gasteiger partial charge in [-0.05, 0) is 37.0 Å². The van der Waals surface area contributed by atoms with Crippen LogP contribution in [-0.2, 0) is 11.3 Å². The highest BCUT2D eigenvalue weighted by atomic mass is 16.2. The summed E-state index contributed by atoms with van der Waals surface area (Å²) in [7, 11) is 1.80. The largest absolute Gasteiger partial charge is 0.399 e. The van der Waals surface area contributed by atoms with Crippen LogP contribution in [0.2, 0.25) is 0 Å². The molecule has 0 atom stereocenters. The van der Waals surface area contributed by atoms with Crippen molar-refractivity contribution in [2.45, 2.75) is 38.3 Å². The lowest BCUT2D eigenvalue weighted by Crippen LogP contribution is -2.59. The highest BCUT2D eigenvalue weighted by Crippen LogP contribution is 2.26. The Labute approximate surface area is 173 Å². The van der Waals surface area contributed by atoms with E-state index in [4.69, 9.17) is 5.73 Å². The molecule has 3 aliphatic rings. The van der Waals surface area contributed by atoms with Crippen LogP contribution in [0.15, 0.2) is 24.3 Å². The zero-order valence-electron chi connectivity index (χ0n) is 17.4. The molecule has 1 saturated carbocycles. The van der Waals surface area contributed by atoms with Crippen LogP contribution in [0.25, 0.3) is 0 Å². The quantitative estimate of drug-likeness (QED) is 0.784. The molecule has 0 aromatic heterocycles. The number of rotatable bonds is 4. The summed E-state index contributed by atoms with van der Waals surface area (Å²) in [6.45, 7) is 5.40. The van der Waals surface area contributed by atoms with E-state index in [1.54, 1.807) is 16.8 Å². The number of nitrogens with two attached hydrogens (primary N) is 1. The van der Waals surface area contributed by atoms with Crippen LogP contribution < -0.4 is 5.73 Å². The van der Waals surface area contributed by atoms with Gasteiger partial charge >= 0.3 is 6.03 Å². The Morgan fingerprint density at radius 3 is 2.38 bits per heavy atom. The number of anilines is 1. The summed E-state index contributed by atoms with van der Waals surface area (Å²) >= 11 is 0. The van der Waals surface area contributed by atoms with Gasteiger partial charge in [0, 0.05) is 64.6 Å². The van der Waals surface area contributed by atoms with Gasteiger partial charge in [-0.15, -0.1) is 0 Å². The fourth-order valence-electron chi connectivity index (χ4n) is 4.53. The van der Waals surface area contributed by atoms with E-state index in [1.165, 1.54) is 19.3 Å². The minimum absolute atomic E-state index is 0.0158. The summed E-state index contributed by atoms with van der Waals surface area (Å²) in [6.07, 6.45) is 5.04. The molecule has 3 amide bonds. The molecular weight excluding hydrogens is 366 g/mol. The van der Waals surface area contributed by atoms with E-state index in [-0.39, 0.29) is 17.9 Å². The summed E-state index contributed by atoms with van der Waals surface area (Å²) in [5, 5.41) is 0. The van der Waals surface area contributed by atoms with E-state index in [2.05, 4.69) is 4.90 Å². The molecule has 3 fully saturated rings. The van der Waals surface area contributed by atoms with Gasteiger partial charge in [-0.2, -0.15) is 0 Å². The lowest BCUT2D eigenvalue weighted by molar-refractivity contribution is -0.139. The molecule has 29 heavy (non-hydrogen) atoms. The van der Waals surface area contributed by atoms with Gasteiger partial charge < -0.3 is 20.4 Å². The van der Waals surface area contributed by atoms with Crippen LogP contribution in [0.4, 0.5) is 10.5 Å². The molecule has 2 N–H and O–H groups in total. The van der Waals surface area contributed by atoms with Gasteiger partial charge in [-0.25, -0.2) is 4.79 Å². The van der Waals surface area contributed by atoms with Crippen LogP contribution in [-0.4, -0.2) is 83.9 Å². The van der Waals surface area contributed by atoms with Gasteiger partial charge in [0.05, 0.1) is 5.92 Å². The molecule has 4 rings (SSSR count). The zero-order valence-corrected chi connectivity index (χ0v) is 17.4. The maximum Gasteiger partial charge on any atom is 0.320 e. The Bertz CT molecular complexity index is 727. The van der Waals surface area contributed by atoms with Crippen LogP contribution in [0.3, 0.4) is 0 Å². The standard InChI is InChI=1S/C22H33N5O2/c1-24(14-17-6-8-19(23)9-7-17)22(29)27-15-18(16-27)21(28)26-11-3-10-25(12-13-26)20-4-2-5-20/h6-9,18,20H,2-5,10-16,23H2,1H3. The maximum absolute atomic E-state index is 12.9. The molecule has 0 radical (unpaired) electrons. The molecule has 158 valence electrons. The van der Waals surface area contributed by atoms with Crippen molar-refractivity contribution in [3.63, 3.8) is 0 Å². The Kier molecular flexibility index (Phi) is 5.94. The molecule has 0 bridgehead atoms. The average Bonchev–Trinajstić information content (AvgIpc) is 2.87. The molecule has 2 saturated heterocycles. The van der Waals surface area contributed by atoms with E-state index in [0.717, 1.165) is 49.9 Å². The molecule has 7 nitrogen and oxygen atoms in total. The minimum Gasteiger partial charge on any atom is -0.399 e. The highest BCUT2D eigenvalue weighted by molar-refractivity contribution is 5.84. The second-order valence-electron chi connectivity index (χ2n) is 8.78. The Hall–Kier alpha value is -2.28. The Balaban J connectivity index is 1.22. The lowest BCUT2D eigenvalue weighted by Gasteiger charge is -2.42. The first-order valence-electron chi connectivity index (χ1n) is 10.9. The van der Waals surface area contributed by atoms with Gasteiger partial charge in [-0.3, -0.25) is 9.69 Å². The van der Waals surface area contributed by atoms with E-state index in [0.29, 0.717) is 19.6 Å². The van der Waals surface area contributed by atoms with Crippen LogP contribution in [0, 0.1) is 5.92 Å². The predicted molar refractivity (Wildman–Crippen MR) is 113 cm³/mol. The third-order valence-electron chi connectivity index (χ3n) is 6.66. The number of urea groups is 1. The molecule has 2 heterocycles. The number of hydrogen-bond donors (Lipinski definition) is 1. The van der Waals surface area contributed by atoms with Gasteiger partial charge in [-0.1, -0.05) is 18.6 Å². The van der Waals surface area contributed by atoms with Crippen molar-refractivity contribution in [3.05, 3.63) is 29.8 Å². The van der Waals surface area contributed by atoms with Crippen molar-refractivity contribution in [1.29, 1.82) is 0 Å². The van der Waals surface area contributed by atoms with Crippen molar-refractivity contribution in [3.8, 4) is 0 Å². The molecule has 1 aromatic rings. The summed E-state index contributed by atoms with van der Waals surface area (Å²) in [5.74, 6) is 0.185. The molecule has 1 aromatic carbocycles. The smallest absolute Gasteiger partial charge is 0.320 e. The SMILES string of the molecule is CN(Cc1ccc(N)cc1)C(=O)N1CC(C(=O)N2CCCN(C3CCC3)CC2)C1. The fourth-order valence-corrected chi connectivity index (χ4v) is 4.53. The first-order valence-corrected chi connectivity index (χ1v) is 10.9. The van der Waals surface area contributed by atoms with E-state index >= 15 is 0 Å². The third-order valence-corrected chi connectivity index (χ3v) is 6.66. The molecule has 2 aliphatic heterocycles. The zero-order chi connectivity index (χ0) is 20.4. The molecule has 1 aliphatic carbocycles. The summed E-state index contributed by atoms with van der Waals surface area (Å²) < 4.78 is 0. The van der Waals surface area contributed by atoms with Crippen molar-refractivity contribution < 1.29 is 9.59 Å². The Morgan fingerprint density at radius 2 is 1.72 bits per heavy atom. The Morgan fingerprint density at radius 1 is 1.00 bits per heavy atom. The van der Waals surface area contributed by atoms with Gasteiger partial charge in [0.15, 0.2) is 0 Å². The van der Waals surface area contributed by atoms with Crippen molar-refractivity contribution in [2.24, 2.45) is 5.92 Å². The fraction of sp³-hybridized carbons (Fsp3) is 0.636. The number of nitrogens with zero attached hydrogens (tertiary/aromatic N) is 4. The number of benzene rings is 1. The van der Waals surface area contributed by atoms with Gasteiger partial charge in [0.25, 0.3) is 0 Å². The third kappa shape index (κ3) is 4.50. The second kappa shape index (κ2) is 8.61. The highest BCUT2D eigenvalue weighted by Gasteiger charge is 2.39. The van der Waals surface area contributed by atoms with Crippen LogP contribution in [0.1, 0.15) is 31.2 Å². The topological polar surface area (TPSA) is 73.1 Å². The monoisotopic (exact) mass is 399 g/mol. The van der Waals surface area contributed by atoms with E-state index < -0.39 is 0 Å². The molecule has 0 spiro atoms. The first-order chi connectivity index (χ1) is 14.0. The number of hydrogen-bond acceptors (Lipinski definition) is 4. The lowest BCUT2D eigenvalue weighted by atomic mass is 9.91. The number of amides is 3. The molecule has 0 unspecified atom stereocenters. The van der Waals surface area contributed by atoms with Crippen molar-refractivity contribution in [1.82, 2.24) is 19.6 Å². The first kappa shape index (κ1) is 20.0. The summed E-state index contributed by atoms with van der Waals surface area (Å²) in [5.41, 5.74) is 7.48. The normalized spacial score (nSPS) is 21.3. The summed E-state index contributed by atoms with van der Waals surface area (Å²) in [4.78, 5) is 33.6. The average molecular weight is 400 g/mol. The number of carbonyl (C=O) groups is 2. The summed E-state index contributed by atoms with van der Waals surface area (Å²) in [6, 6.07) is 8.30. The second-order valence-corrected chi connectivity index (χ2v) is 8.78. The number of likely N-dealkylation sites (tertiary alicyclic amines) is 1. The molecular formula is C22H33N5O2. The minimum atomic E-state index is -0.0425. The van der Waals surface area contributed by atoms with Crippen molar-refractivity contribution in [2.75, 3.05) is 52.0 Å². The van der Waals surface area contributed by atoms with Crippen LogP contribution in [0.5, 0.6) is 0 Å².